The Bertz CT molecular complexity index is 655. The van der Waals surface area contributed by atoms with Crippen LogP contribution >= 0.6 is 11.8 Å². The summed E-state index contributed by atoms with van der Waals surface area (Å²) in [6.45, 7) is 0. The minimum absolute atomic E-state index is 0.0350. The van der Waals surface area contributed by atoms with E-state index in [-0.39, 0.29) is 18.2 Å². The molecule has 0 spiro atoms. The minimum atomic E-state index is -1.22. The number of carboxylic acid groups (broad SMARTS) is 1. The summed E-state index contributed by atoms with van der Waals surface area (Å²) < 4.78 is 0. The number of hydrogen-bond donors (Lipinski definition) is 3. The molecule has 1 unspecified atom stereocenters. The molecule has 7 heteroatoms. The SMILES string of the molecule is O=C1CC(C(=O)NC2(C(=O)O)CCSCC2)c2ccccc2N1. The van der Waals surface area contributed by atoms with Gasteiger partial charge in [-0.25, -0.2) is 4.79 Å². The molecule has 0 aliphatic carbocycles. The predicted octanol–water partition coefficient (Wildman–Crippen LogP) is 1.58. The smallest absolute Gasteiger partial charge is 0.329 e. The molecule has 2 aliphatic heterocycles. The molecule has 0 bridgehead atoms. The summed E-state index contributed by atoms with van der Waals surface area (Å²) in [7, 11) is 0. The predicted molar refractivity (Wildman–Crippen MR) is 87.5 cm³/mol. The van der Waals surface area contributed by atoms with Gasteiger partial charge >= 0.3 is 5.97 Å². The van der Waals surface area contributed by atoms with Crippen LogP contribution in [0.5, 0.6) is 0 Å². The molecule has 1 saturated heterocycles. The van der Waals surface area contributed by atoms with Gasteiger partial charge in [-0.15, -0.1) is 0 Å². The zero-order valence-electron chi connectivity index (χ0n) is 12.5. The third kappa shape index (κ3) is 3.06. The van der Waals surface area contributed by atoms with E-state index in [9.17, 15) is 19.5 Å². The fourth-order valence-corrected chi connectivity index (χ4v) is 4.27. The fraction of sp³-hybridized carbons (Fsp3) is 0.438. The summed E-state index contributed by atoms with van der Waals surface area (Å²) in [5.41, 5.74) is 0.133. The molecule has 1 fully saturated rings. The number of carboxylic acids is 1. The topological polar surface area (TPSA) is 95.5 Å². The Labute approximate surface area is 138 Å². The minimum Gasteiger partial charge on any atom is -0.480 e. The van der Waals surface area contributed by atoms with Crippen LogP contribution in [-0.4, -0.2) is 39.9 Å². The number of amides is 2. The number of nitrogens with one attached hydrogen (secondary N) is 2. The van der Waals surface area contributed by atoms with Crippen molar-refractivity contribution in [1.82, 2.24) is 5.32 Å². The number of carbonyl (C=O) groups excluding carboxylic acids is 2. The van der Waals surface area contributed by atoms with Crippen LogP contribution in [-0.2, 0) is 14.4 Å². The van der Waals surface area contributed by atoms with Crippen molar-refractivity contribution in [2.24, 2.45) is 0 Å². The van der Waals surface area contributed by atoms with Crippen molar-refractivity contribution in [3.05, 3.63) is 29.8 Å². The molecule has 1 atom stereocenters. The molecule has 0 aromatic heterocycles. The number of anilines is 1. The third-order valence-electron chi connectivity index (χ3n) is 4.43. The van der Waals surface area contributed by atoms with Gasteiger partial charge in [-0.05, 0) is 36.0 Å². The van der Waals surface area contributed by atoms with Crippen LogP contribution in [0.3, 0.4) is 0 Å². The summed E-state index contributed by atoms with van der Waals surface area (Å²) in [6.07, 6.45) is 0.839. The van der Waals surface area contributed by atoms with Crippen molar-refractivity contribution in [3.63, 3.8) is 0 Å². The molecule has 2 heterocycles. The number of fused-ring (bicyclic) bond motifs is 1. The molecule has 0 saturated carbocycles. The van der Waals surface area contributed by atoms with E-state index >= 15 is 0 Å². The number of para-hydroxylation sites is 1. The van der Waals surface area contributed by atoms with Crippen LogP contribution in [0.4, 0.5) is 5.69 Å². The van der Waals surface area contributed by atoms with Gasteiger partial charge in [0.1, 0.15) is 5.54 Å². The first-order valence-corrected chi connectivity index (χ1v) is 8.69. The largest absolute Gasteiger partial charge is 0.480 e. The molecule has 122 valence electrons. The number of aliphatic carboxylic acids is 1. The van der Waals surface area contributed by atoms with Crippen LogP contribution in [0.2, 0.25) is 0 Å². The molecule has 1 aromatic carbocycles. The van der Waals surface area contributed by atoms with Crippen LogP contribution < -0.4 is 10.6 Å². The van der Waals surface area contributed by atoms with E-state index in [1.165, 1.54) is 0 Å². The van der Waals surface area contributed by atoms with E-state index in [1.807, 2.05) is 0 Å². The van der Waals surface area contributed by atoms with E-state index in [2.05, 4.69) is 10.6 Å². The molecule has 6 nitrogen and oxygen atoms in total. The average molecular weight is 334 g/mol. The van der Waals surface area contributed by atoms with Crippen molar-refractivity contribution < 1.29 is 19.5 Å². The molecular formula is C16H18N2O4S. The van der Waals surface area contributed by atoms with E-state index in [1.54, 1.807) is 36.0 Å². The Kier molecular flexibility index (Phi) is 4.30. The zero-order valence-corrected chi connectivity index (χ0v) is 13.3. The number of thioether (sulfide) groups is 1. The van der Waals surface area contributed by atoms with Gasteiger partial charge in [0.15, 0.2) is 0 Å². The van der Waals surface area contributed by atoms with Gasteiger partial charge in [-0.2, -0.15) is 11.8 Å². The summed E-state index contributed by atoms with van der Waals surface area (Å²) in [5.74, 6) is -0.859. The first-order chi connectivity index (χ1) is 11.0. The van der Waals surface area contributed by atoms with E-state index in [4.69, 9.17) is 0 Å². The lowest BCUT2D eigenvalue weighted by Crippen LogP contribution is -2.57. The number of benzene rings is 1. The number of carbonyl (C=O) groups is 3. The van der Waals surface area contributed by atoms with Gasteiger partial charge in [-0.1, -0.05) is 18.2 Å². The Morgan fingerprint density at radius 2 is 1.96 bits per heavy atom. The summed E-state index contributed by atoms with van der Waals surface area (Å²) in [5, 5.41) is 15.1. The summed E-state index contributed by atoms with van der Waals surface area (Å²) in [4.78, 5) is 36.3. The summed E-state index contributed by atoms with van der Waals surface area (Å²) in [6, 6.07) is 7.14. The molecule has 3 N–H and O–H groups in total. The molecule has 2 amide bonds. The quantitative estimate of drug-likeness (QED) is 0.780. The van der Waals surface area contributed by atoms with Gasteiger partial charge in [0, 0.05) is 12.1 Å². The van der Waals surface area contributed by atoms with Crippen molar-refractivity contribution in [3.8, 4) is 0 Å². The second kappa shape index (κ2) is 6.23. The maximum atomic E-state index is 12.7. The highest BCUT2D eigenvalue weighted by atomic mass is 32.2. The monoisotopic (exact) mass is 334 g/mol. The molecule has 0 radical (unpaired) electrons. The van der Waals surface area contributed by atoms with Gasteiger partial charge in [0.25, 0.3) is 0 Å². The average Bonchev–Trinajstić information content (AvgIpc) is 2.54. The van der Waals surface area contributed by atoms with Crippen LogP contribution in [0.25, 0.3) is 0 Å². The first kappa shape index (κ1) is 15.9. The second-order valence-electron chi connectivity index (χ2n) is 5.88. The highest BCUT2D eigenvalue weighted by Gasteiger charge is 2.43. The zero-order chi connectivity index (χ0) is 16.4. The van der Waals surface area contributed by atoms with Crippen LogP contribution in [0, 0.1) is 0 Å². The lowest BCUT2D eigenvalue weighted by molar-refractivity contribution is -0.148. The van der Waals surface area contributed by atoms with E-state index in [0.29, 0.717) is 30.0 Å². The molecule has 3 rings (SSSR count). The molecule has 1 aromatic rings. The van der Waals surface area contributed by atoms with Crippen LogP contribution in [0.1, 0.15) is 30.7 Å². The maximum Gasteiger partial charge on any atom is 0.329 e. The maximum absolute atomic E-state index is 12.7. The van der Waals surface area contributed by atoms with Gasteiger partial charge in [-0.3, -0.25) is 9.59 Å². The van der Waals surface area contributed by atoms with Gasteiger partial charge in [0.2, 0.25) is 11.8 Å². The third-order valence-corrected chi connectivity index (χ3v) is 5.42. The van der Waals surface area contributed by atoms with Crippen molar-refractivity contribution in [2.45, 2.75) is 30.7 Å². The van der Waals surface area contributed by atoms with Crippen LogP contribution in [0.15, 0.2) is 24.3 Å². The standard InChI is InChI=1S/C16H18N2O4S/c19-13-9-11(10-3-1-2-4-12(10)17-13)14(20)18-16(15(21)22)5-7-23-8-6-16/h1-4,11H,5-9H2,(H,17,19)(H,18,20)(H,21,22). The Hall–Kier alpha value is -2.02. The highest BCUT2D eigenvalue weighted by Crippen LogP contribution is 2.34. The van der Waals surface area contributed by atoms with Crippen molar-refractivity contribution in [1.29, 1.82) is 0 Å². The fourth-order valence-electron chi connectivity index (χ4n) is 3.08. The number of hydrogen-bond acceptors (Lipinski definition) is 4. The molecule has 2 aliphatic rings. The normalized spacial score (nSPS) is 22.6. The highest BCUT2D eigenvalue weighted by molar-refractivity contribution is 7.99. The lowest BCUT2D eigenvalue weighted by Gasteiger charge is -2.35. The number of rotatable bonds is 3. The van der Waals surface area contributed by atoms with E-state index in [0.717, 1.165) is 5.56 Å². The first-order valence-electron chi connectivity index (χ1n) is 7.54. The Morgan fingerprint density at radius 3 is 2.65 bits per heavy atom. The van der Waals surface area contributed by atoms with Gasteiger partial charge < -0.3 is 15.7 Å². The van der Waals surface area contributed by atoms with Gasteiger partial charge in [0.05, 0.1) is 5.92 Å². The van der Waals surface area contributed by atoms with Crippen molar-refractivity contribution >= 4 is 35.2 Å². The Morgan fingerprint density at radius 1 is 1.26 bits per heavy atom. The summed E-state index contributed by atoms with van der Waals surface area (Å²) >= 11 is 1.69. The molecule has 23 heavy (non-hydrogen) atoms. The lowest BCUT2D eigenvalue weighted by atomic mass is 9.86. The van der Waals surface area contributed by atoms with E-state index < -0.39 is 17.4 Å². The molecular weight excluding hydrogens is 316 g/mol. The van der Waals surface area contributed by atoms with Crippen molar-refractivity contribution in [2.75, 3.05) is 16.8 Å². The second-order valence-corrected chi connectivity index (χ2v) is 7.11. The Balaban J connectivity index is 1.85.